The van der Waals surface area contributed by atoms with Gasteiger partial charge in [-0.3, -0.25) is 4.79 Å². The molecule has 0 aromatic carbocycles. The quantitative estimate of drug-likeness (QED) is 0.734. The van der Waals surface area contributed by atoms with E-state index >= 15 is 0 Å². The SMILES string of the molecule is CC1=CC(C2=CC3CCC(=O)C3C=C2)CC(C)C1O. The van der Waals surface area contributed by atoms with Gasteiger partial charge < -0.3 is 5.11 Å². The van der Waals surface area contributed by atoms with Crippen molar-refractivity contribution in [2.45, 2.75) is 39.2 Å². The maximum Gasteiger partial charge on any atom is 0.140 e. The number of carbonyl (C=O) groups is 1. The molecule has 2 heteroatoms. The number of Topliss-reactive ketones (excluding diaryl/α,β-unsaturated/α-hetero) is 1. The van der Waals surface area contributed by atoms with Crippen molar-refractivity contribution in [2.75, 3.05) is 0 Å². The summed E-state index contributed by atoms with van der Waals surface area (Å²) in [6.45, 7) is 4.13. The third-order valence-corrected chi connectivity index (χ3v) is 4.98. The van der Waals surface area contributed by atoms with Crippen molar-refractivity contribution in [1.82, 2.24) is 0 Å². The lowest BCUT2D eigenvalue weighted by Crippen LogP contribution is -2.27. The number of fused-ring (bicyclic) bond motifs is 1. The molecular weight excluding hydrogens is 236 g/mol. The summed E-state index contributed by atoms with van der Waals surface area (Å²) in [5.41, 5.74) is 2.43. The molecule has 0 aromatic rings. The summed E-state index contributed by atoms with van der Waals surface area (Å²) < 4.78 is 0. The maximum absolute atomic E-state index is 11.7. The van der Waals surface area contributed by atoms with Gasteiger partial charge in [-0.05, 0) is 42.7 Å². The lowest BCUT2D eigenvalue weighted by molar-refractivity contribution is -0.119. The molecule has 0 heterocycles. The summed E-state index contributed by atoms with van der Waals surface area (Å²) in [6, 6.07) is 0. The lowest BCUT2D eigenvalue weighted by atomic mass is 9.75. The Balaban J connectivity index is 1.83. The van der Waals surface area contributed by atoms with E-state index in [4.69, 9.17) is 0 Å². The number of aliphatic hydroxyl groups excluding tert-OH is 1. The van der Waals surface area contributed by atoms with E-state index in [2.05, 4.69) is 31.2 Å². The van der Waals surface area contributed by atoms with Crippen LogP contribution in [0.1, 0.15) is 33.1 Å². The minimum atomic E-state index is -0.287. The summed E-state index contributed by atoms with van der Waals surface area (Å²) in [5.74, 6) is 1.68. The van der Waals surface area contributed by atoms with Gasteiger partial charge in [-0.15, -0.1) is 0 Å². The summed E-state index contributed by atoms with van der Waals surface area (Å²) >= 11 is 0. The summed E-state index contributed by atoms with van der Waals surface area (Å²) in [5, 5.41) is 10.00. The van der Waals surface area contributed by atoms with Crippen molar-refractivity contribution >= 4 is 5.78 Å². The molecule has 19 heavy (non-hydrogen) atoms. The van der Waals surface area contributed by atoms with Crippen LogP contribution in [0.2, 0.25) is 0 Å². The van der Waals surface area contributed by atoms with Crippen molar-refractivity contribution in [1.29, 1.82) is 0 Å². The zero-order valence-corrected chi connectivity index (χ0v) is 11.7. The van der Waals surface area contributed by atoms with Gasteiger partial charge in [0.2, 0.25) is 0 Å². The van der Waals surface area contributed by atoms with Gasteiger partial charge in [0.25, 0.3) is 0 Å². The highest BCUT2D eigenvalue weighted by Gasteiger charge is 2.35. The maximum atomic E-state index is 11.7. The first kappa shape index (κ1) is 12.9. The van der Waals surface area contributed by atoms with Crippen molar-refractivity contribution in [3.05, 3.63) is 35.5 Å². The zero-order valence-electron chi connectivity index (χ0n) is 11.7. The molecule has 3 aliphatic rings. The largest absolute Gasteiger partial charge is 0.388 e. The Kier molecular flexibility index (Phi) is 3.22. The number of hydrogen-bond acceptors (Lipinski definition) is 2. The van der Waals surface area contributed by atoms with Crippen LogP contribution >= 0.6 is 0 Å². The molecule has 5 unspecified atom stereocenters. The third kappa shape index (κ3) is 2.23. The second-order valence-electron chi connectivity index (χ2n) is 6.40. The Hall–Kier alpha value is -1.15. The van der Waals surface area contributed by atoms with E-state index in [0.717, 1.165) is 24.8 Å². The second-order valence-corrected chi connectivity index (χ2v) is 6.40. The Morgan fingerprint density at radius 3 is 2.84 bits per heavy atom. The molecule has 0 aliphatic heterocycles. The molecule has 1 N–H and O–H groups in total. The Bertz CT molecular complexity index is 483. The minimum absolute atomic E-state index is 0.139. The first-order valence-electron chi connectivity index (χ1n) is 7.35. The fourth-order valence-corrected chi connectivity index (χ4v) is 3.79. The predicted molar refractivity (Wildman–Crippen MR) is 75.5 cm³/mol. The van der Waals surface area contributed by atoms with Gasteiger partial charge >= 0.3 is 0 Å². The highest BCUT2D eigenvalue weighted by molar-refractivity contribution is 5.86. The van der Waals surface area contributed by atoms with E-state index in [0.29, 0.717) is 23.5 Å². The highest BCUT2D eigenvalue weighted by atomic mass is 16.3. The Morgan fingerprint density at radius 1 is 1.32 bits per heavy atom. The topological polar surface area (TPSA) is 37.3 Å². The van der Waals surface area contributed by atoms with Crippen molar-refractivity contribution in [2.24, 2.45) is 23.7 Å². The minimum Gasteiger partial charge on any atom is -0.388 e. The Morgan fingerprint density at radius 2 is 2.11 bits per heavy atom. The number of ketones is 1. The van der Waals surface area contributed by atoms with Gasteiger partial charge in [0.05, 0.1) is 6.10 Å². The molecule has 5 atom stereocenters. The summed E-state index contributed by atoms with van der Waals surface area (Å²) in [6.07, 6.45) is 11.2. The zero-order chi connectivity index (χ0) is 13.6. The molecule has 2 nitrogen and oxygen atoms in total. The van der Waals surface area contributed by atoms with Gasteiger partial charge in [-0.1, -0.05) is 31.2 Å². The fourth-order valence-electron chi connectivity index (χ4n) is 3.79. The molecule has 0 bridgehead atoms. The third-order valence-electron chi connectivity index (χ3n) is 4.98. The Labute approximate surface area is 114 Å². The van der Waals surface area contributed by atoms with Crippen molar-refractivity contribution < 1.29 is 9.90 Å². The fraction of sp³-hybridized carbons (Fsp3) is 0.588. The normalized spacial score (nSPS) is 41.8. The van der Waals surface area contributed by atoms with E-state index in [9.17, 15) is 9.90 Å². The van der Waals surface area contributed by atoms with E-state index in [-0.39, 0.29) is 12.0 Å². The standard InChI is InChI=1S/C17H22O2/c1-10-7-14(8-11(2)17(10)19)12-3-5-15-13(9-12)4-6-16(15)18/h3,5,7,9,11,13-15,17,19H,4,6,8H2,1-2H3. The van der Waals surface area contributed by atoms with Crippen LogP contribution in [0.25, 0.3) is 0 Å². The summed E-state index contributed by atoms with van der Waals surface area (Å²) in [4.78, 5) is 11.7. The number of carbonyl (C=O) groups excluding carboxylic acids is 1. The molecule has 1 saturated carbocycles. The van der Waals surface area contributed by atoms with Gasteiger partial charge in [-0.2, -0.15) is 0 Å². The molecule has 1 fully saturated rings. The van der Waals surface area contributed by atoms with Crippen LogP contribution in [0.5, 0.6) is 0 Å². The molecule has 3 aliphatic carbocycles. The van der Waals surface area contributed by atoms with Gasteiger partial charge in [-0.25, -0.2) is 0 Å². The van der Waals surface area contributed by atoms with E-state index in [1.165, 1.54) is 5.57 Å². The van der Waals surface area contributed by atoms with Gasteiger partial charge in [0.1, 0.15) is 5.78 Å². The molecule has 0 amide bonds. The first-order chi connectivity index (χ1) is 9.06. The lowest BCUT2D eigenvalue weighted by Gasteiger charge is -2.32. The molecule has 3 rings (SSSR count). The van der Waals surface area contributed by atoms with Crippen LogP contribution in [-0.2, 0) is 4.79 Å². The molecule has 0 saturated heterocycles. The van der Waals surface area contributed by atoms with Gasteiger partial charge in [0, 0.05) is 18.3 Å². The highest BCUT2D eigenvalue weighted by Crippen LogP contribution is 2.40. The van der Waals surface area contributed by atoms with Crippen molar-refractivity contribution in [3.8, 4) is 0 Å². The molecule has 0 aromatic heterocycles. The predicted octanol–water partition coefficient (Wildman–Crippen LogP) is 3.04. The second kappa shape index (κ2) is 4.75. The average molecular weight is 258 g/mol. The number of aliphatic hydroxyl groups is 1. The molecule has 102 valence electrons. The molecule has 0 radical (unpaired) electrons. The molecular formula is C17H22O2. The smallest absolute Gasteiger partial charge is 0.140 e. The monoisotopic (exact) mass is 258 g/mol. The van der Waals surface area contributed by atoms with E-state index in [1.807, 2.05) is 6.92 Å². The van der Waals surface area contributed by atoms with Crippen LogP contribution in [0.3, 0.4) is 0 Å². The number of allylic oxidation sites excluding steroid dienone is 5. The summed E-state index contributed by atoms with van der Waals surface area (Å²) in [7, 11) is 0. The van der Waals surface area contributed by atoms with E-state index < -0.39 is 0 Å². The van der Waals surface area contributed by atoms with Crippen LogP contribution in [0, 0.1) is 23.7 Å². The number of rotatable bonds is 1. The van der Waals surface area contributed by atoms with Crippen molar-refractivity contribution in [3.63, 3.8) is 0 Å². The average Bonchev–Trinajstić information content (AvgIpc) is 2.76. The molecule has 0 spiro atoms. The van der Waals surface area contributed by atoms with Crippen LogP contribution < -0.4 is 0 Å². The van der Waals surface area contributed by atoms with E-state index in [1.54, 1.807) is 0 Å². The van der Waals surface area contributed by atoms with Crippen LogP contribution in [0.4, 0.5) is 0 Å². The van der Waals surface area contributed by atoms with Crippen LogP contribution in [0.15, 0.2) is 35.5 Å². The first-order valence-corrected chi connectivity index (χ1v) is 7.35. The van der Waals surface area contributed by atoms with Gasteiger partial charge in [0.15, 0.2) is 0 Å². The number of hydrogen-bond donors (Lipinski definition) is 1. The van der Waals surface area contributed by atoms with Crippen LogP contribution in [-0.4, -0.2) is 17.0 Å².